The molecule has 0 aromatic rings. The van der Waals surface area contributed by atoms with Crippen molar-refractivity contribution in [1.82, 2.24) is 5.32 Å². The highest BCUT2D eigenvalue weighted by molar-refractivity contribution is 5.64. The van der Waals surface area contributed by atoms with Crippen LogP contribution in [0.5, 0.6) is 0 Å². The molecule has 0 rings (SSSR count). The zero-order chi connectivity index (χ0) is 8.85. The molecule has 11 heavy (non-hydrogen) atoms. The van der Waals surface area contributed by atoms with E-state index in [1.54, 1.807) is 0 Å². The number of carbonyl (C=O) groups is 1. The molecule has 0 aromatic carbocycles. The van der Waals surface area contributed by atoms with Gasteiger partial charge in [-0.3, -0.25) is 0 Å². The van der Waals surface area contributed by atoms with Crippen molar-refractivity contribution >= 4 is 6.09 Å². The Balaban J connectivity index is 3.37. The van der Waals surface area contributed by atoms with Crippen LogP contribution in [0.1, 0.15) is 6.92 Å². The van der Waals surface area contributed by atoms with E-state index >= 15 is 0 Å². The van der Waals surface area contributed by atoms with Gasteiger partial charge in [0.2, 0.25) is 0 Å². The molecule has 0 fully saturated rings. The molecule has 1 amide bonds. The zero-order valence-corrected chi connectivity index (χ0v) is 5.88. The van der Waals surface area contributed by atoms with E-state index in [-0.39, 0.29) is 6.61 Å². The summed E-state index contributed by atoms with van der Waals surface area (Å²) in [7, 11) is 0. The smallest absolute Gasteiger partial charge is 0.404 e. The van der Waals surface area contributed by atoms with Crippen molar-refractivity contribution in [3.63, 3.8) is 0 Å². The highest BCUT2D eigenvalue weighted by atomic mass is 19.3. The molecule has 0 aliphatic carbocycles. The van der Waals surface area contributed by atoms with Crippen LogP contribution < -0.4 is 5.32 Å². The fourth-order valence-electron chi connectivity index (χ4n) is 0.470. The van der Waals surface area contributed by atoms with Gasteiger partial charge in [0.1, 0.15) is 0 Å². The Morgan fingerprint density at radius 1 is 1.73 bits per heavy atom. The molecule has 0 radical (unpaired) electrons. The topological polar surface area (TPSA) is 58.6 Å². The summed E-state index contributed by atoms with van der Waals surface area (Å²) < 4.78 is 26.5. The number of hydrogen-bond donors (Lipinski definition) is 2. The van der Waals surface area contributed by atoms with Gasteiger partial charge in [0, 0.05) is 0 Å². The third-order valence-corrected chi connectivity index (χ3v) is 0.842. The molecular weight excluding hydrogens is 160 g/mol. The van der Waals surface area contributed by atoms with Crippen LogP contribution in [0.25, 0.3) is 0 Å². The van der Waals surface area contributed by atoms with Crippen molar-refractivity contribution in [3.05, 3.63) is 0 Å². The van der Waals surface area contributed by atoms with Crippen molar-refractivity contribution in [2.24, 2.45) is 0 Å². The lowest BCUT2D eigenvalue weighted by Crippen LogP contribution is -2.35. The summed E-state index contributed by atoms with van der Waals surface area (Å²) in [6, 6.07) is -0.624. The summed E-state index contributed by atoms with van der Waals surface area (Å²) in [6.07, 6.45) is -1.25. The van der Waals surface area contributed by atoms with Gasteiger partial charge in [-0.15, -0.1) is 0 Å². The molecule has 0 spiro atoms. The lowest BCUT2D eigenvalue weighted by molar-refractivity contribution is -0.132. The number of amides is 1. The largest absolute Gasteiger partial charge is 0.465 e. The minimum Gasteiger partial charge on any atom is -0.465 e. The third-order valence-electron chi connectivity index (χ3n) is 0.842. The molecule has 0 aromatic heterocycles. The number of hydrogen-bond acceptors (Lipinski definition) is 2. The first-order chi connectivity index (χ1) is 5.02. The van der Waals surface area contributed by atoms with Crippen LogP contribution in [0, 0.1) is 0 Å². The molecule has 66 valence electrons. The number of ether oxygens (including phenoxy) is 1. The maximum Gasteiger partial charge on any atom is 0.404 e. The molecule has 0 saturated carbocycles. The normalized spacial score (nSPS) is 13.1. The molecule has 2 N–H and O–H groups in total. The zero-order valence-electron chi connectivity index (χ0n) is 5.88. The van der Waals surface area contributed by atoms with Gasteiger partial charge in [0.25, 0.3) is 0 Å². The minimum atomic E-state index is -2.85. The lowest BCUT2D eigenvalue weighted by Gasteiger charge is -2.10. The minimum absolute atomic E-state index is 0.329. The van der Waals surface area contributed by atoms with Gasteiger partial charge < -0.3 is 15.2 Å². The summed E-state index contributed by atoms with van der Waals surface area (Å²) in [4.78, 5) is 9.90. The summed E-state index contributed by atoms with van der Waals surface area (Å²) in [5.74, 6) is 0. The molecule has 0 aliphatic rings. The fourth-order valence-corrected chi connectivity index (χ4v) is 0.470. The van der Waals surface area contributed by atoms with Gasteiger partial charge in [-0.2, -0.15) is 8.78 Å². The van der Waals surface area contributed by atoms with E-state index in [4.69, 9.17) is 5.11 Å². The van der Waals surface area contributed by atoms with Gasteiger partial charge in [-0.05, 0) is 6.92 Å². The predicted molar refractivity (Wildman–Crippen MR) is 32.6 cm³/mol. The van der Waals surface area contributed by atoms with Crippen LogP contribution in [0.3, 0.4) is 0 Å². The van der Waals surface area contributed by atoms with Gasteiger partial charge in [-0.1, -0.05) is 0 Å². The van der Waals surface area contributed by atoms with E-state index in [0.29, 0.717) is 0 Å². The SMILES string of the molecule is CC(COC(F)F)NC(=O)O. The first-order valence-electron chi connectivity index (χ1n) is 2.91. The maximum atomic E-state index is 11.3. The summed E-state index contributed by atoms with van der Waals surface area (Å²) in [5.41, 5.74) is 0. The van der Waals surface area contributed by atoms with Crippen molar-refractivity contribution in [3.8, 4) is 0 Å². The Hall–Kier alpha value is -0.910. The van der Waals surface area contributed by atoms with Crippen LogP contribution in [0.2, 0.25) is 0 Å². The molecular formula is C5H9F2NO3. The van der Waals surface area contributed by atoms with Crippen LogP contribution in [-0.2, 0) is 4.74 Å². The number of alkyl halides is 2. The first kappa shape index (κ1) is 10.1. The van der Waals surface area contributed by atoms with Gasteiger partial charge >= 0.3 is 12.7 Å². The monoisotopic (exact) mass is 169 g/mol. The molecule has 1 unspecified atom stereocenters. The number of carboxylic acid groups (broad SMARTS) is 1. The Morgan fingerprint density at radius 3 is 2.64 bits per heavy atom. The highest BCUT2D eigenvalue weighted by Crippen LogP contribution is 1.95. The molecule has 0 aliphatic heterocycles. The highest BCUT2D eigenvalue weighted by Gasteiger charge is 2.08. The Bertz CT molecular complexity index is 131. The summed E-state index contributed by atoms with van der Waals surface area (Å²) >= 11 is 0. The van der Waals surface area contributed by atoms with Crippen molar-refractivity contribution < 1.29 is 23.4 Å². The maximum absolute atomic E-state index is 11.3. The number of halogens is 2. The molecule has 0 saturated heterocycles. The fraction of sp³-hybridized carbons (Fsp3) is 0.800. The number of nitrogens with one attached hydrogen (secondary N) is 1. The Morgan fingerprint density at radius 2 is 2.27 bits per heavy atom. The quantitative estimate of drug-likeness (QED) is 0.656. The van der Waals surface area contributed by atoms with Crippen molar-refractivity contribution in [2.75, 3.05) is 6.61 Å². The molecule has 4 nitrogen and oxygen atoms in total. The molecule has 1 atom stereocenters. The van der Waals surface area contributed by atoms with E-state index in [2.05, 4.69) is 4.74 Å². The Labute approximate surface area is 62.1 Å². The lowest BCUT2D eigenvalue weighted by atomic mass is 10.4. The number of rotatable bonds is 4. The molecule has 6 heteroatoms. The third kappa shape index (κ3) is 6.98. The summed E-state index contributed by atoms with van der Waals surface area (Å²) in [5, 5.41) is 10.1. The molecule has 0 bridgehead atoms. The molecule has 0 heterocycles. The van der Waals surface area contributed by atoms with Gasteiger partial charge in [0.05, 0.1) is 12.6 Å². The van der Waals surface area contributed by atoms with Gasteiger partial charge in [0.15, 0.2) is 0 Å². The van der Waals surface area contributed by atoms with E-state index in [9.17, 15) is 13.6 Å². The van der Waals surface area contributed by atoms with E-state index in [0.717, 1.165) is 0 Å². The summed E-state index contributed by atoms with van der Waals surface area (Å²) in [6.45, 7) is -1.76. The second-order valence-electron chi connectivity index (χ2n) is 1.94. The Kier molecular flexibility index (Phi) is 4.44. The van der Waals surface area contributed by atoms with Crippen LogP contribution in [0.15, 0.2) is 0 Å². The predicted octanol–water partition coefficient (Wildman–Crippen LogP) is 0.882. The van der Waals surface area contributed by atoms with E-state index < -0.39 is 18.7 Å². The average Bonchev–Trinajstić information content (AvgIpc) is 1.82. The van der Waals surface area contributed by atoms with Crippen LogP contribution in [0.4, 0.5) is 13.6 Å². The second-order valence-corrected chi connectivity index (χ2v) is 1.94. The first-order valence-corrected chi connectivity index (χ1v) is 2.91. The van der Waals surface area contributed by atoms with Crippen molar-refractivity contribution in [1.29, 1.82) is 0 Å². The van der Waals surface area contributed by atoms with Gasteiger partial charge in [-0.25, -0.2) is 4.79 Å². The standard InChI is InChI=1S/C5H9F2NO3/c1-3(8-5(9)10)2-11-4(6)7/h3-4,8H,2H2,1H3,(H,9,10). The second kappa shape index (κ2) is 4.84. The van der Waals surface area contributed by atoms with Crippen LogP contribution >= 0.6 is 0 Å². The van der Waals surface area contributed by atoms with E-state index in [1.807, 2.05) is 5.32 Å². The van der Waals surface area contributed by atoms with Crippen LogP contribution in [-0.4, -0.2) is 30.5 Å². The average molecular weight is 169 g/mol. The van der Waals surface area contributed by atoms with Crippen molar-refractivity contribution in [2.45, 2.75) is 19.6 Å². The van der Waals surface area contributed by atoms with E-state index in [1.165, 1.54) is 6.92 Å².